The van der Waals surface area contributed by atoms with Crippen LogP contribution in [0.1, 0.15) is 25.7 Å². The van der Waals surface area contributed by atoms with E-state index in [1.165, 1.54) is 4.88 Å². The molecule has 1 aliphatic rings. The fraction of sp³-hybridized carbons (Fsp3) is 0.0667. The minimum Gasteiger partial charge on any atom is -0.288 e. The fourth-order valence-corrected chi connectivity index (χ4v) is 2.91. The molecule has 4 heteroatoms. The number of hydrogen-bond acceptors (Lipinski definition) is 3. The van der Waals surface area contributed by atoms with Crippen molar-refractivity contribution < 1.29 is 9.59 Å². The monoisotopic (exact) mass is 269 g/mol. The summed E-state index contributed by atoms with van der Waals surface area (Å²) >= 11 is 1.62. The third-order valence-electron chi connectivity index (χ3n) is 2.98. The van der Waals surface area contributed by atoms with Gasteiger partial charge in [-0.15, -0.1) is 11.3 Å². The Morgan fingerprint density at radius 3 is 2.42 bits per heavy atom. The van der Waals surface area contributed by atoms with E-state index >= 15 is 0 Å². The SMILES string of the molecule is Cc1ccc(/C=C2\C(=O)NC(=O)c3ccccc32)s1. The number of nitrogens with one attached hydrogen (secondary N) is 1. The molecule has 19 heavy (non-hydrogen) atoms. The number of benzene rings is 1. The Morgan fingerprint density at radius 2 is 1.74 bits per heavy atom. The molecule has 1 aliphatic heterocycles. The van der Waals surface area contributed by atoms with E-state index in [0.717, 1.165) is 4.88 Å². The van der Waals surface area contributed by atoms with Gasteiger partial charge in [-0.25, -0.2) is 0 Å². The van der Waals surface area contributed by atoms with Gasteiger partial charge in [-0.05, 0) is 36.8 Å². The standard InChI is InChI=1S/C15H11NO2S/c1-9-6-7-10(19-9)8-13-11-4-2-3-5-12(11)14(17)16-15(13)18/h2-8H,1H3,(H,16,17,18)/b13-8-. The number of amides is 2. The Balaban J connectivity index is 2.15. The highest BCUT2D eigenvalue weighted by Gasteiger charge is 2.26. The van der Waals surface area contributed by atoms with Gasteiger partial charge in [0, 0.05) is 20.9 Å². The molecule has 1 N–H and O–H groups in total. The Morgan fingerprint density at radius 1 is 1.00 bits per heavy atom. The van der Waals surface area contributed by atoms with Gasteiger partial charge in [0.1, 0.15) is 0 Å². The number of carbonyl (C=O) groups is 2. The van der Waals surface area contributed by atoms with Crippen LogP contribution in [0.3, 0.4) is 0 Å². The second kappa shape index (κ2) is 4.48. The zero-order valence-electron chi connectivity index (χ0n) is 10.3. The van der Waals surface area contributed by atoms with Crippen molar-refractivity contribution in [2.45, 2.75) is 6.92 Å². The Kier molecular flexibility index (Phi) is 2.80. The maximum Gasteiger partial charge on any atom is 0.258 e. The van der Waals surface area contributed by atoms with E-state index in [2.05, 4.69) is 5.32 Å². The van der Waals surface area contributed by atoms with E-state index in [9.17, 15) is 9.59 Å². The molecule has 0 fully saturated rings. The molecule has 0 unspecified atom stereocenters. The molecular formula is C15H11NO2S. The first-order chi connectivity index (χ1) is 9.15. The van der Waals surface area contributed by atoms with Crippen LogP contribution in [0.25, 0.3) is 11.6 Å². The van der Waals surface area contributed by atoms with Crippen LogP contribution in [0.5, 0.6) is 0 Å². The van der Waals surface area contributed by atoms with Crippen molar-refractivity contribution in [3.63, 3.8) is 0 Å². The second-order valence-electron chi connectivity index (χ2n) is 4.34. The average Bonchev–Trinajstić information content (AvgIpc) is 2.80. The van der Waals surface area contributed by atoms with Crippen LogP contribution in [0.15, 0.2) is 36.4 Å². The van der Waals surface area contributed by atoms with Crippen molar-refractivity contribution >= 4 is 34.8 Å². The van der Waals surface area contributed by atoms with Crippen LogP contribution >= 0.6 is 11.3 Å². The molecule has 0 saturated carbocycles. The molecule has 2 heterocycles. The molecule has 0 atom stereocenters. The van der Waals surface area contributed by atoms with Gasteiger partial charge in [-0.2, -0.15) is 0 Å². The quantitative estimate of drug-likeness (QED) is 0.639. The van der Waals surface area contributed by atoms with Crippen LogP contribution < -0.4 is 5.32 Å². The first kappa shape index (κ1) is 11.9. The lowest BCUT2D eigenvalue weighted by Gasteiger charge is -2.17. The van der Waals surface area contributed by atoms with Gasteiger partial charge >= 0.3 is 0 Å². The van der Waals surface area contributed by atoms with E-state index in [4.69, 9.17) is 0 Å². The molecule has 0 saturated heterocycles. The van der Waals surface area contributed by atoms with Crippen molar-refractivity contribution in [2.75, 3.05) is 0 Å². The second-order valence-corrected chi connectivity index (χ2v) is 5.65. The summed E-state index contributed by atoms with van der Waals surface area (Å²) in [5.41, 5.74) is 1.78. The number of carbonyl (C=O) groups excluding carboxylic acids is 2. The molecule has 0 aliphatic carbocycles. The summed E-state index contributed by atoms with van der Waals surface area (Å²) < 4.78 is 0. The highest BCUT2D eigenvalue weighted by atomic mass is 32.1. The van der Waals surface area contributed by atoms with Gasteiger partial charge in [0.05, 0.1) is 0 Å². The molecule has 3 rings (SSSR count). The predicted molar refractivity (Wildman–Crippen MR) is 75.8 cm³/mol. The number of fused-ring (bicyclic) bond motifs is 1. The molecule has 0 bridgehead atoms. The largest absolute Gasteiger partial charge is 0.288 e. The zero-order chi connectivity index (χ0) is 13.4. The smallest absolute Gasteiger partial charge is 0.258 e. The third kappa shape index (κ3) is 2.11. The van der Waals surface area contributed by atoms with Crippen LogP contribution in [0, 0.1) is 6.92 Å². The molecule has 0 spiro atoms. The summed E-state index contributed by atoms with van der Waals surface area (Å²) in [6.07, 6.45) is 1.83. The molecule has 3 nitrogen and oxygen atoms in total. The van der Waals surface area contributed by atoms with Crippen LogP contribution in [-0.2, 0) is 4.79 Å². The normalized spacial score (nSPS) is 16.4. The number of imide groups is 1. The molecule has 2 aromatic rings. The highest BCUT2D eigenvalue weighted by Crippen LogP contribution is 2.28. The molecule has 2 amide bonds. The average molecular weight is 269 g/mol. The number of aryl methyl sites for hydroxylation is 1. The van der Waals surface area contributed by atoms with Crippen LogP contribution in [0.2, 0.25) is 0 Å². The molecule has 0 radical (unpaired) electrons. The van der Waals surface area contributed by atoms with Crippen molar-refractivity contribution in [3.05, 3.63) is 57.3 Å². The summed E-state index contributed by atoms with van der Waals surface area (Å²) in [4.78, 5) is 25.9. The predicted octanol–water partition coefficient (Wildman–Crippen LogP) is 2.87. The minimum atomic E-state index is -0.338. The van der Waals surface area contributed by atoms with Gasteiger partial charge in [0.2, 0.25) is 0 Å². The summed E-state index contributed by atoms with van der Waals surface area (Å²) in [5, 5.41) is 2.37. The fourth-order valence-electron chi connectivity index (χ4n) is 2.09. The molecule has 1 aromatic heterocycles. The summed E-state index contributed by atoms with van der Waals surface area (Å²) in [7, 11) is 0. The maximum atomic E-state index is 12.0. The zero-order valence-corrected chi connectivity index (χ0v) is 11.1. The van der Waals surface area contributed by atoms with E-state index in [1.807, 2.05) is 31.2 Å². The first-order valence-corrected chi connectivity index (χ1v) is 6.70. The van der Waals surface area contributed by atoms with E-state index in [0.29, 0.717) is 16.7 Å². The number of thiophene rings is 1. The number of hydrogen-bond donors (Lipinski definition) is 1. The summed E-state index contributed by atoms with van der Waals surface area (Å²) in [6.45, 7) is 2.02. The Hall–Kier alpha value is -2.20. The van der Waals surface area contributed by atoms with Crippen molar-refractivity contribution in [1.82, 2.24) is 5.32 Å². The van der Waals surface area contributed by atoms with Crippen molar-refractivity contribution in [2.24, 2.45) is 0 Å². The van der Waals surface area contributed by atoms with Crippen LogP contribution in [-0.4, -0.2) is 11.8 Å². The van der Waals surface area contributed by atoms with Gasteiger partial charge in [-0.3, -0.25) is 14.9 Å². The molecule has 94 valence electrons. The molecular weight excluding hydrogens is 258 g/mol. The Labute approximate surface area is 114 Å². The summed E-state index contributed by atoms with van der Waals surface area (Å²) in [6, 6.07) is 11.1. The van der Waals surface area contributed by atoms with Crippen molar-refractivity contribution in [3.8, 4) is 0 Å². The highest BCUT2D eigenvalue weighted by molar-refractivity contribution is 7.12. The van der Waals surface area contributed by atoms with Gasteiger partial charge < -0.3 is 0 Å². The number of rotatable bonds is 1. The topological polar surface area (TPSA) is 46.2 Å². The third-order valence-corrected chi connectivity index (χ3v) is 3.93. The lowest BCUT2D eigenvalue weighted by molar-refractivity contribution is -0.114. The van der Waals surface area contributed by atoms with E-state index < -0.39 is 0 Å². The van der Waals surface area contributed by atoms with Gasteiger partial charge in [0.15, 0.2) is 0 Å². The van der Waals surface area contributed by atoms with E-state index in [1.54, 1.807) is 29.5 Å². The minimum absolute atomic E-state index is 0.333. The maximum absolute atomic E-state index is 12.0. The van der Waals surface area contributed by atoms with Gasteiger partial charge in [0.25, 0.3) is 11.8 Å². The van der Waals surface area contributed by atoms with Gasteiger partial charge in [-0.1, -0.05) is 18.2 Å². The summed E-state index contributed by atoms with van der Waals surface area (Å²) in [5.74, 6) is -0.671. The lowest BCUT2D eigenvalue weighted by atomic mass is 9.94. The van der Waals surface area contributed by atoms with Crippen molar-refractivity contribution in [1.29, 1.82) is 0 Å². The van der Waals surface area contributed by atoms with Crippen LogP contribution in [0.4, 0.5) is 0 Å². The molecule has 1 aromatic carbocycles. The van der Waals surface area contributed by atoms with E-state index in [-0.39, 0.29) is 11.8 Å². The lowest BCUT2D eigenvalue weighted by Crippen LogP contribution is -2.36. The first-order valence-electron chi connectivity index (χ1n) is 5.88. The Bertz CT molecular complexity index is 712.